The molecule has 2 rings (SSSR count). The number of β-amino-alcohol motifs (C(OH)–C–C–N with tert-alkyl or cyclic N) is 1. The van der Waals surface area contributed by atoms with Gasteiger partial charge in [-0.1, -0.05) is 12.1 Å². The minimum Gasteiger partial charge on any atom is -0.399 e. The van der Waals surface area contributed by atoms with Crippen molar-refractivity contribution in [3.8, 4) is 0 Å². The molecule has 1 saturated heterocycles. The summed E-state index contributed by atoms with van der Waals surface area (Å²) in [5.74, 6) is -1.05. The Hall–Kier alpha value is -2.08. The molecule has 1 aliphatic rings. The van der Waals surface area contributed by atoms with E-state index in [0.29, 0.717) is 30.9 Å². The van der Waals surface area contributed by atoms with E-state index < -0.39 is 17.9 Å². The number of hydrogen-bond donors (Lipinski definition) is 2. The van der Waals surface area contributed by atoms with E-state index in [1.54, 1.807) is 24.3 Å². The van der Waals surface area contributed by atoms with Crippen LogP contribution in [0.3, 0.4) is 0 Å². The number of rotatable bonds is 4. The highest BCUT2D eigenvalue weighted by Crippen LogP contribution is 2.17. The maximum absolute atomic E-state index is 11.9. The van der Waals surface area contributed by atoms with Crippen LogP contribution in [0.15, 0.2) is 24.3 Å². The van der Waals surface area contributed by atoms with Crippen LogP contribution in [-0.2, 0) is 9.59 Å². The molecule has 1 unspecified atom stereocenters. The first-order chi connectivity index (χ1) is 9.52. The Labute approximate surface area is 117 Å². The maximum Gasteiger partial charge on any atom is 0.312 e. The summed E-state index contributed by atoms with van der Waals surface area (Å²) in [5.41, 5.74) is 6.88. The summed E-state index contributed by atoms with van der Waals surface area (Å²) in [4.78, 5) is 26.6. The Bertz CT molecular complexity index is 501. The normalized spacial score (nSPS) is 17.5. The van der Waals surface area contributed by atoms with Gasteiger partial charge < -0.3 is 20.6 Å². The average molecular weight is 277 g/mol. The highest BCUT2D eigenvalue weighted by molar-refractivity contribution is 6.35. The van der Waals surface area contributed by atoms with Crippen LogP contribution in [0, 0.1) is 0 Å². The van der Waals surface area contributed by atoms with E-state index in [-0.39, 0.29) is 6.54 Å². The highest BCUT2D eigenvalue weighted by atomic mass is 16.3. The lowest BCUT2D eigenvalue weighted by Crippen LogP contribution is -2.54. The molecule has 6 heteroatoms. The zero-order valence-corrected chi connectivity index (χ0v) is 11.5. The molecule has 0 aromatic heterocycles. The molecule has 6 nitrogen and oxygen atoms in total. The molecule has 0 spiro atoms. The molecule has 2 amide bonds. The van der Waals surface area contributed by atoms with E-state index in [9.17, 15) is 14.7 Å². The SMILES string of the molecule is CCN1CCN(CC(O)c2ccc(N)cc2)C(=O)C1=O. The lowest BCUT2D eigenvalue weighted by molar-refractivity contribution is -0.156. The van der Waals surface area contributed by atoms with E-state index in [4.69, 9.17) is 5.73 Å². The second kappa shape index (κ2) is 5.92. The first-order valence-corrected chi connectivity index (χ1v) is 6.64. The molecule has 1 heterocycles. The standard InChI is InChI=1S/C14H19N3O3/c1-2-16-7-8-17(14(20)13(16)19)9-12(18)10-3-5-11(15)6-4-10/h3-6,12,18H,2,7-9,15H2,1H3. The molecule has 1 atom stereocenters. The predicted molar refractivity (Wildman–Crippen MR) is 74.6 cm³/mol. The zero-order valence-electron chi connectivity index (χ0n) is 11.5. The Balaban J connectivity index is 2.01. The van der Waals surface area contributed by atoms with Gasteiger partial charge in [0.15, 0.2) is 0 Å². The van der Waals surface area contributed by atoms with Gasteiger partial charge in [0.1, 0.15) is 0 Å². The quantitative estimate of drug-likeness (QED) is 0.599. The van der Waals surface area contributed by atoms with Crippen molar-refractivity contribution in [2.24, 2.45) is 0 Å². The van der Waals surface area contributed by atoms with Crippen molar-refractivity contribution in [2.45, 2.75) is 13.0 Å². The van der Waals surface area contributed by atoms with Crippen molar-refractivity contribution in [1.29, 1.82) is 0 Å². The Morgan fingerprint density at radius 1 is 1.15 bits per heavy atom. The molecule has 0 saturated carbocycles. The summed E-state index contributed by atoms with van der Waals surface area (Å²) in [7, 11) is 0. The third-order valence-electron chi connectivity index (χ3n) is 3.49. The van der Waals surface area contributed by atoms with Crippen LogP contribution >= 0.6 is 0 Å². The number of carbonyl (C=O) groups is 2. The lowest BCUT2D eigenvalue weighted by Gasteiger charge is -2.34. The number of piperazine rings is 1. The summed E-state index contributed by atoms with van der Waals surface area (Å²) >= 11 is 0. The van der Waals surface area contributed by atoms with E-state index in [0.717, 1.165) is 0 Å². The topological polar surface area (TPSA) is 86.9 Å². The molecule has 20 heavy (non-hydrogen) atoms. The number of aliphatic hydroxyl groups is 1. The van der Waals surface area contributed by atoms with Crippen molar-refractivity contribution in [3.63, 3.8) is 0 Å². The zero-order chi connectivity index (χ0) is 14.7. The number of aliphatic hydroxyl groups excluding tert-OH is 1. The number of nitrogens with zero attached hydrogens (tertiary/aromatic N) is 2. The van der Waals surface area contributed by atoms with Crippen LogP contribution < -0.4 is 5.73 Å². The summed E-state index contributed by atoms with van der Waals surface area (Å²) in [6.45, 7) is 3.44. The number of likely N-dealkylation sites (N-methyl/N-ethyl adjacent to an activating group) is 1. The molecule has 0 bridgehead atoms. The van der Waals surface area contributed by atoms with Gasteiger partial charge >= 0.3 is 11.8 Å². The van der Waals surface area contributed by atoms with Gasteiger partial charge in [-0.15, -0.1) is 0 Å². The fraction of sp³-hybridized carbons (Fsp3) is 0.429. The molecule has 3 N–H and O–H groups in total. The number of carbonyl (C=O) groups excluding carboxylic acids is 2. The molecule has 1 fully saturated rings. The molecule has 1 aromatic carbocycles. The lowest BCUT2D eigenvalue weighted by atomic mass is 10.1. The predicted octanol–water partition coefficient (Wildman–Crippen LogP) is -0.00710. The first-order valence-electron chi connectivity index (χ1n) is 6.64. The molecule has 0 aliphatic carbocycles. The van der Waals surface area contributed by atoms with Crippen LogP contribution in [0.2, 0.25) is 0 Å². The van der Waals surface area contributed by atoms with Gasteiger partial charge in [-0.25, -0.2) is 0 Å². The number of hydrogen-bond acceptors (Lipinski definition) is 4. The second-order valence-corrected chi connectivity index (χ2v) is 4.82. The first kappa shape index (κ1) is 14.3. The maximum atomic E-state index is 11.9. The number of nitrogen functional groups attached to an aromatic ring is 1. The largest absolute Gasteiger partial charge is 0.399 e. The minimum absolute atomic E-state index is 0.117. The molecule has 108 valence electrons. The van der Waals surface area contributed by atoms with Crippen molar-refractivity contribution >= 4 is 17.5 Å². The van der Waals surface area contributed by atoms with Gasteiger partial charge in [-0.2, -0.15) is 0 Å². The Kier molecular flexibility index (Phi) is 4.24. The van der Waals surface area contributed by atoms with E-state index in [1.165, 1.54) is 9.80 Å². The van der Waals surface area contributed by atoms with Crippen LogP contribution in [0.5, 0.6) is 0 Å². The van der Waals surface area contributed by atoms with Crippen LogP contribution in [0.25, 0.3) is 0 Å². The monoisotopic (exact) mass is 277 g/mol. The number of anilines is 1. The van der Waals surface area contributed by atoms with Gasteiger partial charge in [0, 0.05) is 25.3 Å². The molecular weight excluding hydrogens is 258 g/mol. The summed E-state index contributed by atoms with van der Waals surface area (Å²) in [6.07, 6.45) is -0.819. The fourth-order valence-electron chi connectivity index (χ4n) is 2.22. The van der Waals surface area contributed by atoms with E-state index >= 15 is 0 Å². The van der Waals surface area contributed by atoms with Crippen molar-refractivity contribution in [3.05, 3.63) is 29.8 Å². The van der Waals surface area contributed by atoms with Crippen molar-refractivity contribution < 1.29 is 14.7 Å². The molecule has 1 aromatic rings. The Morgan fingerprint density at radius 2 is 1.70 bits per heavy atom. The van der Waals surface area contributed by atoms with Crippen molar-refractivity contribution in [2.75, 3.05) is 31.9 Å². The van der Waals surface area contributed by atoms with Gasteiger partial charge in [-0.05, 0) is 24.6 Å². The Morgan fingerprint density at radius 3 is 2.30 bits per heavy atom. The molecule has 1 aliphatic heterocycles. The van der Waals surface area contributed by atoms with E-state index in [1.807, 2.05) is 6.92 Å². The number of amides is 2. The third-order valence-corrected chi connectivity index (χ3v) is 3.49. The van der Waals surface area contributed by atoms with Crippen LogP contribution in [-0.4, -0.2) is 52.9 Å². The average Bonchev–Trinajstić information content (AvgIpc) is 2.45. The third kappa shape index (κ3) is 2.91. The smallest absolute Gasteiger partial charge is 0.312 e. The summed E-state index contributed by atoms with van der Waals surface area (Å²) in [6, 6.07) is 6.82. The van der Waals surface area contributed by atoms with Gasteiger partial charge in [0.2, 0.25) is 0 Å². The summed E-state index contributed by atoms with van der Waals surface area (Å²) < 4.78 is 0. The number of benzene rings is 1. The van der Waals surface area contributed by atoms with Gasteiger partial charge in [0.05, 0.1) is 12.6 Å². The summed E-state index contributed by atoms with van der Waals surface area (Å²) in [5, 5.41) is 10.1. The second-order valence-electron chi connectivity index (χ2n) is 4.82. The van der Waals surface area contributed by atoms with Crippen molar-refractivity contribution in [1.82, 2.24) is 9.80 Å². The van der Waals surface area contributed by atoms with Gasteiger partial charge in [-0.3, -0.25) is 9.59 Å². The minimum atomic E-state index is -0.819. The highest BCUT2D eigenvalue weighted by Gasteiger charge is 2.32. The van der Waals surface area contributed by atoms with Gasteiger partial charge in [0.25, 0.3) is 0 Å². The fourth-order valence-corrected chi connectivity index (χ4v) is 2.22. The van der Waals surface area contributed by atoms with E-state index in [2.05, 4.69) is 0 Å². The van der Waals surface area contributed by atoms with Crippen LogP contribution in [0.4, 0.5) is 5.69 Å². The van der Waals surface area contributed by atoms with Crippen LogP contribution in [0.1, 0.15) is 18.6 Å². The number of nitrogens with two attached hydrogens (primary N) is 1. The molecular formula is C14H19N3O3. The molecule has 0 radical (unpaired) electrons.